The summed E-state index contributed by atoms with van der Waals surface area (Å²) in [4.78, 5) is 23.7. The Labute approximate surface area is 108 Å². The summed E-state index contributed by atoms with van der Waals surface area (Å²) < 4.78 is 9.69. The van der Waals surface area contributed by atoms with E-state index in [-0.39, 0.29) is 17.9 Å². The van der Waals surface area contributed by atoms with Crippen LogP contribution in [0, 0.1) is 16.7 Å². The normalized spacial score (nSPS) is 30.7. The molecule has 0 spiro atoms. The molecule has 0 N–H and O–H groups in total. The van der Waals surface area contributed by atoms with Crippen molar-refractivity contribution in [3.63, 3.8) is 0 Å². The lowest BCUT2D eigenvalue weighted by molar-refractivity contribution is -0.158. The molecular weight excluding hydrogens is 232 g/mol. The summed E-state index contributed by atoms with van der Waals surface area (Å²) in [5, 5.41) is 0. The SMILES string of the molecule is C=C1C(C)(C)[C@@H](C(=O)OC)CC[C@@]1(C)C(=O)OC. The number of ether oxygens (including phenoxy) is 2. The van der Waals surface area contributed by atoms with Crippen LogP contribution in [-0.4, -0.2) is 26.2 Å². The van der Waals surface area contributed by atoms with Crippen molar-refractivity contribution >= 4 is 11.9 Å². The van der Waals surface area contributed by atoms with Gasteiger partial charge in [0.25, 0.3) is 0 Å². The van der Waals surface area contributed by atoms with E-state index in [9.17, 15) is 9.59 Å². The van der Waals surface area contributed by atoms with Crippen LogP contribution in [-0.2, 0) is 19.1 Å². The quantitative estimate of drug-likeness (QED) is 0.560. The smallest absolute Gasteiger partial charge is 0.315 e. The van der Waals surface area contributed by atoms with E-state index < -0.39 is 10.8 Å². The van der Waals surface area contributed by atoms with Crippen LogP contribution in [0.3, 0.4) is 0 Å². The summed E-state index contributed by atoms with van der Waals surface area (Å²) in [7, 11) is 2.76. The molecule has 4 nitrogen and oxygen atoms in total. The zero-order valence-corrected chi connectivity index (χ0v) is 11.8. The Hall–Kier alpha value is -1.32. The Morgan fingerprint density at radius 3 is 2.22 bits per heavy atom. The second-order valence-electron chi connectivity index (χ2n) is 5.64. The Morgan fingerprint density at radius 2 is 1.78 bits per heavy atom. The largest absolute Gasteiger partial charge is 0.469 e. The number of esters is 2. The summed E-state index contributed by atoms with van der Waals surface area (Å²) in [5.74, 6) is -0.787. The third-order valence-corrected chi connectivity index (χ3v) is 4.37. The second kappa shape index (κ2) is 4.75. The molecular formula is C14H22O4. The summed E-state index contributed by atoms with van der Waals surface area (Å²) in [5.41, 5.74) is -0.458. The third kappa shape index (κ3) is 2.04. The Bertz CT molecular complexity index is 383. The number of carbonyl (C=O) groups is 2. The van der Waals surface area contributed by atoms with Crippen LogP contribution in [0.25, 0.3) is 0 Å². The maximum absolute atomic E-state index is 11.9. The van der Waals surface area contributed by atoms with E-state index >= 15 is 0 Å². The highest BCUT2D eigenvalue weighted by Crippen LogP contribution is 2.53. The first-order valence-corrected chi connectivity index (χ1v) is 6.08. The molecule has 0 aromatic rings. The first-order valence-electron chi connectivity index (χ1n) is 6.08. The van der Waals surface area contributed by atoms with Gasteiger partial charge in [-0.1, -0.05) is 26.0 Å². The van der Waals surface area contributed by atoms with Gasteiger partial charge in [-0.25, -0.2) is 0 Å². The van der Waals surface area contributed by atoms with Crippen molar-refractivity contribution in [1.29, 1.82) is 0 Å². The molecule has 0 saturated heterocycles. The fraction of sp³-hybridized carbons (Fsp3) is 0.714. The molecule has 1 rings (SSSR count). The molecule has 102 valence electrons. The van der Waals surface area contributed by atoms with Gasteiger partial charge in [-0.3, -0.25) is 9.59 Å². The van der Waals surface area contributed by atoms with Gasteiger partial charge < -0.3 is 9.47 Å². The Balaban J connectivity index is 3.10. The third-order valence-electron chi connectivity index (χ3n) is 4.37. The molecule has 4 heteroatoms. The predicted octanol–water partition coefficient (Wildman–Crippen LogP) is 2.33. The van der Waals surface area contributed by atoms with E-state index in [1.165, 1.54) is 14.2 Å². The van der Waals surface area contributed by atoms with Gasteiger partial charge in [0.05, 0.1) is 25.6 Å². The molecule has 1 saturated carbocycles. The zero-order chi connectivity index (χ0) is 14.1. The predicted molar refractivity (Wildman–Crippen MR) is 67.8 cm³/mol. The summed E-state index contributed by atoms with van der Waals surface area (Å²) >= 11 is 0. The lowest BCUT2D eigenvalue weighted by Gasteiger charge is -2.47. The minimum absolute atomic E-state index is 0.243. The van der Waals surface area contributed by atoms with E-state index in [1.54, 1.807) is 0 Å². The van der Waals surface area contributed by atoms with Gasteiger partial charge in [0.1, 0.15) is 0 Å². The van der Waals surface area contributed by atoms with Gasteiger partial charge in [-0.2, -0.15) is 0 Å². The van der Waals surface area contributed by atoms with E-state index in [1.807, 2.05) is 20.8 Å². The van der Waals surface area contributed by atoms with Crippen molar-refractivity contribution in [2.45, 2.75) is 33.6 Å². The first-order chi connectivity index (χ1) is 8.21. The monoisotopic (exact) mass is 254 g/mol. The molecule has 1 aliphatic rings. The number of methoxy groups -OCH3 is 2. The lowest BCUT2D eigenvalue weighted by Crippen LogP contribution is -2.47. The molecule has 0 aromatic heterocycles. The van der Waals surface area contributed by atoms with Gasteiger partial charge in [-0.05, 0) is 25.2 Å². The topological polar surface area (TPSA) is 52.6 Å². The molecule has 18 heavy (non-hydrogen) atoms. The average Bonchev–Trinajstić information content (AvgIpc) is 2.34. The summed E-state index contributed by atoms with van der Waals surface area (Å²) in [6.07, 6.45) is 1.16. The molecule has 0 amide bonds. The fourth-order valence-corrected chi connectivity index (χ4v) is 2.87. The summed E-state index contributed by atoms with van der Waals surface area (Å²) in [6.45, 7) is 9.73. The van der Waals surface area contributed by atoms with Gasteiger partial charge in [-0.15, -0.1) is 0 Å². The van der Waals surface area contributed by atoms with Crippen molar-refractivity contribution in [2.24, 2.45) is 16.7 Å². The maximum Gasteiger partial charge on any atom is 0.315 e. The number of rotatable bonds is 2. The minimum Gasteiger partial charge on any atom is -0.469 e. The van der Waals surface area contributed by atoms with Gasteiger partial charge in [0, 0.05) is 0 Å². The highest BCUT2D eigenvalue weighted by molar-refractivity contribution is 5.82. The van der Waals surface area contributed by atoms with Crippen molar-refractivity contribution in [3.05, 3.63) is 12.2 Å². The molecule has 0 radical (unpaired) electrons. The van der Waals surface area contributed by atoms with Crippen LogP contribution in [0.4, 0.5) is 0 Å². The average molecular weight is 254 g/mol. The van der Waals surface area contributed by atoms with Crippen LogP contribution in [0.2, 0.25) is 0 Å². The van der Waals surface area contributed by atoms with Crippen molar-refractivity contribution in [1.82, 2.24) is 0 Å². The Kier molecular flexibility index (Phi) is 3.89. The molecule has 0 aromatic carbocycles. The first kappa shape index (κ1) is 14.7. The van der Waals surface area contributed by atoms with E-state index in [2.05, 4.69) is 6.58 Å². The summed E-state index contributed by atoms with van der Waals surface area (Å²) in [6, 6.07) is 0. The zero-order valence-electron chi connectivity index (χ0n) is 11.8. The van der Waals surface area contributed by atoms with Gasteiger partial charge in [0.15, 0.2) is 0 Å². The van der Waals surface area contributed by atoms with Crippen molar-refractivity contribution in [3.8, 4) is 0 Å². The highest BCUT2D eigenvalue weighted by atomic mass is 16.5. The fourth-order valence-electron chi connectivity index (χ4n) is 2.87. The number of hydrogen-bond donors (Lipinski definition) is 0. The van der Waals surface area contributed by atoms with E-state index in [0.29, 0.717) is 12.8 Å². The van der Waals surface area contributed by atoms with Gasteiger partial charge in [0.2, 0.25) is 0 Å². The van der Waals surface area contributed by atoms with Crippen LogP contribution in [0.15, 0.2) is 12.2 Å². The van der Waals surface area contributed by atoms with Crippen molar-refractivity contribution < 1.29 is 19.1 Å². The number of hydrogen-bond acceptors (Lipinski definition) is 4. The van der Waals surface area contributed by atoms with Crippen LogP contribution < -0.4 is 0 Å². The van der Waals surface area contributed by atoms with Crippen LogP contribution in [0.1, 0.15) is 33.6 Å². The van der Waals surface area contributed by atoms with E-state index in [4.69, 9.17) is 9.47 Å². The highest BCUT2D eigenvalue weighted by Gasteiger charge is 2.52. The Morgan fingerprint density at radius 1 is 1.22 bits per heavy atom. The molecule has 0 unspecified atom stereocenters. The molecule has 1 fully saturated rings. The van der Waals surface area contributed by atoms with Crippen molar-refractivity contribution in [2.75, 3.05) is 14.2 Å². The molecule has 1 aliphatic carbocycles. The second-order valence-corrected chi connectivity index (χ2v) is 5.64. The van der Waals surface area contributed by atoms with E-state index in [0.717, 1.165) is 5.57 Å². The molecule has 0 heterocycles. The lowest BCUT2D eigenvalue weighted by atomic mass is 9.56. The minimum atomic E-state index is -0.719. The standard InChI is InChI=1S/C14H22O4/c1-9-13(2,3)10(11(15)17-5)7-8-14(9,4)12(16)18-6/h10H,1,7-8H2,2-6H3/t10-,14-/m1/s1. The maximum atomic E-state index is 11.9. The van der Waals surface area contributed by atoms with Gasteiger partial charge >= 0.3 is 11.9 Å². The molecule has 0 bridgehead atoms. The molecule has 2 atom stereocenters. The molecule has 0 aliphatic heterocycles. The number of carbonyl (C=O) groups excluding carboxylic acids is 2. The van der Waals surface area contributed by atoms with Crippen LogP contribution in [0.5, 0.6) is 0 Å². The van der Waals surface area contributed by atoms with Crippen LogP contribution >= 0.6 is 0 Å².